The Balaban J connectivity index is 1.85. The van der Waals surface area contributed by atoms with Gasteiger partial charge in [0.05, 0.1) is 35.5 Å². The highest BCUT2D eigenvalue weighted by Crippen LogP contribution is 2.44. The number of nitro benzene ring substituents is 1. The van der Waals surface area contributed by atoms with Gasteiger partial charge < -0.3 is 18.9 Å². The average molecular weight is 418 g/mol. The SMILES string of the molecule is COc1c(OCCC23C=CC=CC2C(=O)NC3=O)ccc(C(OC)OC)c1[N+](=O)[O-]. The Morgan fingerprint density at radius 3 is 2.57 bits per heavy atom. The van der Waals surface area contributed by atoms with Crippen molar-refractivity contribution in [3.63, 3.8) is 0 Å². The van der Waals surface area contributed by atoms with Gasteiger partial charge in [0.25, 0.3) is 0 Å². The number of fused-ring (bicyclic) bond motifs is 1. The fourth-order valence-corrected chi connectivity index (χ4v) is 3.81. The van der Waals surface area contributed by atoms with E-state index in [4.69, 9.17) is 18.9 Å². The predicted octanol–water partition coefficient (Wildman–Crippen LogP) is 2.05. The first kappa shape index (κ1) is 21.5. The summed E-state index contributed by atoms with van der Waals surface area (Å²) < 4.78 is 21.3. The molecule has 1 saturated heterocycles. The molecule has 3 rings (SSSR count). The van der Waals surface area contributed by atoms with Crippen LogP contribution >= 0.6 is 0 Å². The van der Waals surface area contributed by atoms with Crippen LogP contribution in [-0.2, 0) is 19.1 Å². The van der Waals surface area contributed by atoms with Crippen LogP contribution in [0.2, 0.25) is 0 Å². The molecule has 1 N–H and O–H groups in total. The van der Waals surface area contributed by atoms with Crippen LogP contribution < -0.4 is 14.8 Å². The Hall–Kier alpha value is -3.24. The summed E-state index contributed by atoms with van der Waals surface area (Å²) in [5.74, 6) is -1.31. The van der Waals surface area contributed by atoms with Crippen LogP contribution in [-0.4, -0.2) is 44.7 Å². The van der Waals surface area contributed by atoms with Crippen molar-refractivity contribution in [2.45, 2.75) is 12.7 Å². The van der Waals surface area contributed by atoms with Crippen molar-refractivity contribution in [1.82, 2.24) is 5.32 Å². The first-order valence-electron chi connectivity index (χ1n) is 9.14. The minimum Gasteiger partial charge on any atom is -0.489 e. The summed E-state index contributed by atoms with van der Waals surface area (Å²) in [6.07, 6.45) is 6.04. The number of hydrogen-bond donors (Lipinski definition) is 1. The molecule has 0 saturated carbocycles. The number of methoxy groups -OCH3 is 3. The van der Waals surface area contributed by atoms with Crippen molar-refractivity contribution in [3.05, 3.63) is 52.1 Å². The lowest BCUT2D eigenvalue weighted by molar-refractivity contribution is -0.388. The van der Waals surface area contributed by atoms with Crippen molar-refractivity contribution in [3.8, 4) is 11.5 Å². The third-order valence-corrected chi connectivity index (χ3v) is 5.27. The van der Waals surface area contributed by atoms with E-state index >= 15 is 0 Å². The molecule has 10 heteroatoms. The van der Waals surface area contributed by atoms with E-state index in [-0.39, 0.29) is 41.7 Å². The highest BCUT2D eigenvalue weighted by atomic mass is 16.7. The number of nitrogens with one attached hydrogen (secondary N) is 1. The molecule has 10 nitrogen and oxygen atoms in total. The first-order chi connectivity index (χ1) is 14.4. The number of ether oxygens (including phenoxy) is 4. The minimum absolute atomic E-state index is 0.0280. The molecule has 1 aliphatic carbocycles. The van der Waals surface area contributed by atoms with Crippen LogP contribution in [0.3, 0.4) is 0 Å². The molecule has 2 unspecified atom stereocenters. The molecule has 0 radical (unpaired) electrons. The number of imide groups is 1. The average Bonchev–Trinajstić information content (AvgIpc) is 2.99. The second-order valence-electron chi connectivity index (χ2n) is 6.77. The van der Waals surface area contributed by atoms with E-state index in [1.807, 2.05) is 0 Å². The fourth-order valence-electron chi connectivity index (χ4n) is 3.81. The zero-order chi connectivity index (χ0) is 21.9. The molecule has 2 amide bonds. The van der Waals surface area contributed by atoms with Crippen LogP contribution in [0.25, 0.3) is 0 Å². The van der Waals surface area contributed by atoms with Gasteiger partial charge >= 0.3 is 5.69 Å². The Labute approximate surface area is 172 Å². The van der Waals surface area contributed by atoms with Crippen molar-refractivity contribution >= 4 is 17.5 Å². The number of allylic oxidation sites excluding steroid dienone is 2. The molecule has 160 valence electrons. The lowest BCUT2D eigenvalue weighted by Gasteiger charge is -2.28. The second kappa shape index (κ2) is 8.64. The lowest BCUT2D eigenvalue weighted by Crippen LogP contribution is -2.35. The number of rotatable bonds is 9. The number of nitro groups is 1. The highest BCUT2D eigenvalue weighted by Gasteiger charge is 2.52. The van der Waals surface area contributed by atoms with E-state index in [0.29, 0.717) is 0 Å². The Kier molecular flexibility index (Phi) is 6.18. The minimum atomic E-state index is -1.04. The topological polar surface area (TPSA) is 126 Å². The molecule has 0 bridgehead atoms. The van der Waals surface area contributed by atoms with Crippen LogP contribution in [0, 0.1) is 21.4 Å². The zero-order valence-electron chi connectivity index (χ0n) is 16.7. The maximum Gasteiger partial charge on any atom is 0.323 e. The third-order valence-electron chi connectivity index (χ3n) is 5.27. The Morgan fingerprint density at radius 1 is 1.20 bits per heavy atom. The summed E-state index contributed by atoms with van der Waals surface area (Å²) in [5, 5.41) is 14.0. The smallest absolute Gasteiger partial charge is 0.323 e. The van der Waals surface area contributed by atoms with Crippen molar-refractivity contribution in [2.24, 2.45) is 11.3 Å². The number of hydrogen-bond acceptors (Lipinski definition) is 8. The van der Waals surface area contributed by atoms with Gasteiger partial charge in [0, 0.05) is 20.6 Å². The van der Waals surface area contributed by atoms with Gasteiger partial charge in [0.15, 0.2) is 12.0 Å². The van der Waals surface area contributed by atoms with Crippen LogP contribution in [0.4, 0.5) is 5.69 Å². The van der Waals surface area contributed by atoms with E-state index in [9.17, 15) is 19.7 Å². The molecule has 1 aromatic rings. The fraction of sp³-hybridized carbons (Fsp3) is 0.400. The van der Waals surface area contributed by atoms with E-state index in [2.05, 4.69) is 5.32 Å². The van der Waals surface area contributed by atoms with Gasteiger partial charge in [-0.05, 0) is 12.1 Å². The Bertz CT molecular complexity index is 922. The molecular weight excluding hydrogens is 396 g/mol. The van der Waals surface area contributed by atoms with E-state index < -0.39 is 28.5 Å². The van der Waals surface area contributed by atoms with Crippen LogP contribution in [0.1, 0.15) is 18.3 Å². The molecule has 1 aromatic carbocycles. The molecule has 1 heterocycles. The maximum absolute atomic E-state index is 12.4. The molecule has 0 spiro atoms. The lowest BCUT2D eigenvalue weighted by atomic mass is 9.72. The van der Waals surface area contributed by atoms with Crippen molar-refractivity contribution in [1.29, 1.82) is 0 Å². The molecule has 30 heavy (non-hydrogen) atoms. The van der Waals surface area contributed by atoms with Crippen molar-refractivity contribution < 1.29 is 33.5 Å². The summed E-state index contributed by atoms with van der Waals surface area (Å²) in [4.78, 5) is 35.6. The molecule has 2 atom stereocenters. The number of nitrogens with zero attached hydrogens (tertiary/aromatic N) is 1. The van der Waals surface area contributed by atoms with Gasteiger partial charge in [-0.15, -0.1) is 0 Å². The largest absolute Gasteiger partial charge is 0.489 e. The molecule has 1 aliphatic heterocycles. The molecular formula is C20H22N2O8. The third kappa shape index (κ3) is 3.55. The van der Waals surface area contributed by atoms with E-state index in [1.165, 1.54) is 33.5 Å². The molecule has 2 aliphatic rings. The summed E-state index contributed by atoms with van der Waals surface area (Å²) in [6.45, 7) is 0.0280. The monoisotopic (exact) mass is 418 g/mol. The van der Waals surface area contributed by atoms with Crippen LogP contribution in [0.15, 0.2) is 36.4 Å². The van der Waals surface area contributed by atoms with Gasteiger partial charge in [-0.25, -0.2) is 0 Å². The van der Waals surface area contributed by atoms with E-state index in [1.54, 1.807) is 24.3 Å². The predicted molar refractivity (Wildman–Crippen MR) is 104 cm³/mol. The highest BCUT2D eigenvalue weighted by molar-refractivity contribution is 6.09. The number of carbonyl (C=O) groups excluding carboxylic acids is 2. The second-order valence-corrected chi connectivity index (χ2v) is 6.77. The van der Waals surface area contributed by atoms with Gasteiger partial charge in [-0.3, -0.25) is 25.0 Å². The van der Waals surface area contributed by atoms with Crippen molar-refractivity contribution in [2.75, 3.05) is 27.9 Å². The summed E-state index contributed by atoms with van der Waals surface area (Å²) in [5.41, 5.74) is -1.20. The van der Waals surface area contributed by atoms with Gasteiger partial charge in [0.1, 0.15) is 0 Å². The zero-order valence-corrected chi connectivity index (χ0v) is 16.7. The molecule has 1 fully saturated rings. The molecule has 0 aromatic heterocycles. The normalized spacial score (nSPS) is 22.2. The Morgan fingerprint density at radius 2 is 1.93 bits per heavy atom. The summed E-state index contributed by atoms with van der Waals surface area (Å²) >= 11 is 0. The maximum atomic E-state index is 12.4. The van der Waals surface area contributed by atoms with Gasteiger partial charge in [-0.1, -0.05) is 24.3 Å². The summed E-state index contributed by atoms with van der Waals surface area (Å²) in [6, 6.07) is 2.97. The quantitative estimate of drug-likeness (QED) is 0.279. The van der Waals surface area contributed by atoms with Crippen LogP contribution in [0.5, 0.6) is 11.5 Å². The first-order valence-corrected chi connectivity index (χ1v) is 9.14. The van der Waals surface area contributed by atoms with Gasteiger partial charge in [0.2, 0.25) is 17.6 Å². The number of carbonyl (C=O) groups is 2. The van der Waals surface area contributed by atoms with Gasteiger partial charge in [-0.2, -0.15) is 0 Å². The summed E-state index contributed by atoms with van der Waals surface area (Å²) in [7, 11) is 4.02. The van der Waals surface area contributed by atoms with E-state index in [0.717, 1.165) is 0 Å². The number of amides is 2. The number of benzene rings is 1. The standard InChI is InChI=1S/C20H22N2O8/c1-27-16-14(8-7-12(15(16)22(25)26)18(28-2)29-3)30-11-10-20-9-5-4-6-13(20)17(23)21-19(20)24/h4-9,13,18H,10-11H2,1-3H3,(H,21,23,24).